The molecule has 3 amide bonds. The lowest BCUT2D eigenvalue weighted by molar-refractivity contribution is -0.147. The van der Waals surface area contributed by atoms with Crippen LogP contribution in [0.15, 0.2) is 41.0 Å². The van der Waals surface area contributed by atoms with Gasteiger partial charge in [-0.2, -0.15) is 0 Å². The van der Waals surface area contributed by atoms with Crippen molar-refractivity contribution in [3.63, 3.8) is 0 Å². The van der Waals surface area contributed by atoms with E-state index in [-0.39, 0.29) is 12.3 Å². The van der Waals surface area contributed by atoms with Crippen molar-refractivity contribution < 1.29 is 28.3 Å². The lowest BCUT2D eigenvalue weighted by atomic mass is 10.2. The van der Waals surface area contributed by atoms with E-state index in [4.69, 9.17) is 20.8 Å². The number of ether oxygens (including phenoxy) is 1. The molecule has 1 aromatic heterocycles. The highest BCUT2D eigenvalue weighted by molar-refractivity contribution is 6.31. The van der Waals surface area contributed by atoms with Crippen molar-refractivity contribution in [2.45, 2.75) is 6.92 Å². The number of hydrogen-bond acceptors (Lipinski definition) is 6. The van der Waals surface area contributed by atoms with Gasteiger partial charge in [-0.05, 0) is 36.8 Å². The molecule has 148 valence electrons. The molecule has 0 saturated heterocycles. The fourth-order valence-electron chi connectivity index (χ4n) is 2.01. The maximum Gasteiger partial charge on any atom is 0.325 e. The van der Waals surface area contributed by atoms with Gasteiger partial charge in [0.25, 0.3) is 11.8 Å². The summed E-state index contributed by atoms with van der Waals surface area (Å²) in [5.41, 5.74) is 1.20. The fraction of sp³-hybridized carbons (Fsp3) is 0.222. The van der Waals surface area contributed by atoms with Crippen molar-refractivity contribution >= 4 is 41.0 Å². The standard InChI is InChI=1S/C18H18ClN3O6/c1-11-12(19)4-2-5-13(11)22-16(24)10-28-17(25)9-20-15(23)8-21-18(26)14-6-3-7-27-14/h2-7H,8-10H2,1H3,(H,20,23)(H,21,26)(H,22,24). The summed E-state index contributed by atoms with van der Waals surface area (Å²) in [6.45, 7) is 0.431. The molecular formula is C18H18ClN3O6. The third kappa shape index (κ3) is 6.44. The van der Waals surface area contributed by atoms with Crippen LogP contribution in [-0.4, -0.2) is 43.4 Å². The Morgan fingerprint density at radius 1 is 1.04 bits per heavy atom. The first kappa shape index (κ1) is 21.0. The molecule has 2 aromatic rings. The summed E-state index contributed by atoms with van der Waals surface area (Å²) in [5.74, 6) is -2.45. The van der Waals surface area contributed by atoms with E-state index in [2.05, 4.69) is 16.0 Å². The number of halogens is 1. The first-order chi connectivity index (χ1) is 13.4. The van der Waals surface area contributed by atoms with Gasteiger partial charge < -0.3 is 25.1 Å². The van der Waals surface area contributed by atoms with E-state index < -0.39 is 36.8 Å². The molecule has 1 heterocycles. The topological polar surface area (TPSA) is 127 Å². The molecule has 0 aliphatic rings. The molecule has 3 N–H and O–H groups in total. The monoisotopic (exact) mass is 407 g/mol. The molecule has 0 saturated carbocycles. The van der Waals surface area contributed by atoms with Gasteiger partial charge in [-0.1, -0.05) is 17.7 Å². The van der Waals surface area contributed by atoms with E-state index in [1.807, 2.05) is 0 Å². The van der Waals surface area contributed by atoms with Gasteiger partial charge in [-0.25, -0.2) is 0 Å². The average Bonchev–Trinajstić information content (AvgIpc) is 3.21. The zero-order chi connectivity index (χ0) is 20.5. The summed E-state index contributed by atoms with van der Waals surface area (Å²) in [5, 5.41) is 7.66. The predicted octanol–water partition coefficient (Wildman–Crippen LogP) is 1.27. The quantitative estimate of drug-likeness (QED) is 0.565. The molecule has 0 bridgehead atoms. The molecule has 0 unspecified atom stereocenters. The largest absolute Gasteiger partial charge is 0.459 e. The fourth-order valence-corrected chi connectivity index (χ4v) is 2.19. The van der Waals surface area contributed by atoms with E-state index in [0.717, 1.165) is 0 Å². The molecule has 0 radical (unpaired) electrons. The van der Waals surface area contributed by atoms with Crippen LogP contribution >= 0.6 is 11.6 Å². The highest BCUT2D eigenvalue weighted by Gasteiger charge is 2.13. The molecule has 0 fully saturated rings. The van der Waals surface area contributed by atoms with Crippen molar-refractivity contribution in [3.8, 4) is 0 Å². The van der Waals surface area contributed by atoms with Crippen LogP contribution in [0, 0.1) is 6.92 Å². The zero-order valence-electron chi connectivity index (χ0n) is 14.9. The predicted molar refractivity (Wildman–Crippen MR) is 99.8 cm³/mol. The van der Waals surface area contributed by atoms with Crippen molar-refractivity contribution in [1.29, 1.82) is 0 Å². The molecule has 0 aliphatic carbocycles. The number of carbonyl (C=O) groups is 4. The highest BCUT2D eigenvalue weighted by Crippen LogP contribution is 2.22. The summed E-state index contributed by atoms with van der Waals surface area (Å²) in [6.07, 6.45) is 1.33. The second-order valence-corrected chi connectivity index (χ2v) is 5.97. The van der Waals surface area contributed by atoms with Crippen LogP contribution < -0.4 is 16.0 Å². The summed E-state index contributed by atoms with van der Waals surface area (Å²) in [7, 11) is 0. The Balaban J connectivity index is 1.65. The molecule has 2 rings (SSSR count). The van der Waals surface area contributed by atoms with Gasteiger partial charge in [-0.15, -0.1) is 0 Å². The average molecular weight is 408 g/mol. The van der Waals surface area contributed by atoms with E-state index in [0.29, 0.717) is 16.3 Å². The molecule has 10 heteroatoms. The third-order valence-electron chi connectivity index (χ3n) is 3.49. The molecule has 0 aliphatic heterocycles. The Kier molecular flexibility index (Phi) is 7.58. The number of carbonyl (C=O) groups excluding carboxylic acids is 4. The Labute approximate surface area is 165 Å². The summed E-state index contributed by atoms with van der Waals surface area (Å²) in [4.78, 5) is 46.6. The van der Waals surface area contributed by atoms with Crippen LogP contribution in [0.5, 0.6) is 0 Å². The van der Waals surface area contributed by atoms with E-state index >= 15 is 0 Å². The molecule has 28 heavy (non-hydrogen) atoms. The van der Waals surface area contributed by atoms with Gasteiger partial charge >= 0.3 is 5.97 Å². The Hall–Kier alpha value is -3.33. The number of anilines is 1. The maximum absolute atomic E-state index is 11.8. The van der Waals surface area contributed by atoms with E-state index in [1.54, 1.807) is 25.1 Å². The molecular weight excluding hydrogens is 390 g/mol. The van der Waals surface area contributed by atoms with Gasteiger partial charge in [0.15, 0.2) is 12.4 Å². The molecule has 0 spiro atoms. The highest BCUT2D eigenvalue weighted by atomic mass is 35.5. The number of benzene rings is 1. The lowest BCUT2D eigenvalue weighted by Crippen LogP contribution is -2.39. The van der Waals surface area contributed by atoms with Crippen LogP contribution in [0.25, 0.3) is 0 Å². The minimum atomic E-state index is -0.802. The first-order valence-electron chi connectivity index (χ1n) is 8.16. The van der Waals surface area contributed by atoms with Gasteiger partial charge in [-0.3, -0.25) is 19.2 Å². The van der Waals surface area contributed by atoms with E-state index in [1.165, 1.54) is 18.4 Å². The van der Waals surface area contributed by atoms with Crippen molar-refractivity contribution in [2.24, 2.45) is 0 Å². The van der Waals surface area contributed by atoms with Gasteiger partial charge in [0.1, 0.15) is 6.54 Å². The summed E-state index contributed by atoms with van der Waals surface area (Å²) < 4.78 is 9.65. The van der Waals surface area contributed by atoms with Crippen LogP contribution in [0.4, 0.5) is 5.69 Å². The molecule has 0 atom stereocenters. The van der Waals surface area contributed by atoms with Crippen LogP contribution in [0.3, 0.4) is 0 Å². The summed E-state index contributed by atoms with van der Waals surface area (Å²) in [6, 6.07) is 8.01. The number of furan rings is 1. The van der Waals surface area contributed by atoms with Crippen molar-refractivity contribution in [1.82, 2.24) is 10.6 Å². The van der Waals surface area contributed by atoms with Gasteiger partial charge in [0.05, 0.1) is 12.8 Å². The molecule has 1 aromatic carbocycles. The number of esters is 1. The normalized spacial score (nSPS) is 10.1. The van der Waals surface area contributed by atoms with E-state index in [9.17, 15) is 19.2 Å². The smallest absolute Gasteiger partial charge is 0.325 e. The lowest BCUT2D eigenvalue weighted by Gasteiger charge is -2.10. The second-order valence-electron chi connectivity index (χ2n) is 5.56. The first-order valence-corrected chi connectivity index (χ1v) is 8.53. The number of rotatable bonds is 8. The van der Waals surface area contributed by atoms with Crippen LogP contribution in [0.2, 0.25) is 5.02 Å². The Morgan fingerprint density at radius 2 is 1.82 bits per heavy atom. The van der Waals surface area contributed by atoms with Gasteiger partial charge in [0, 0.05) is 10.7 Å². The number of hydrogen-bond donors (Lipinski definition) is 3. The zero-order valence-corrected chi connectivity index (χ0v) is 15.7. The number of nitrogens with one attached hydrogen (secondary N) is 3. The Morgan fingerprint density at radius 3 is 2.54 bits per heavy atom. The van der Waals surface area contributed by atoms with Crippen LogP contribution in [-0.2, 0) is 19.1 Å². The minimum Gasteiger partial charge on any atom is -0.459 e. The summed E-state index contributed by atoms with van der Waals surface area (Å²) >= 11 is 5.96. The molecule has 9 nitrogen and oxygen atoms in total. The second kappa shape index (κ2) is 10.1. The van der Waals surface area contributed by atoms with Gasteiger partial charge in [0.2, 0.25) is 5.91 Å². The maximum atomic E-state index is 11.8. The van der Waals surface area contributed by atoms with Crippen molar-refractivity contribution in [2.75, 3.05) is 25.0 Å². The Bertz CT molecular complexity index is 866. The number of amides is 3. The SMILES string of the molecule is Cc1c(Cl)cccc1NC(=O)COC(=O)CNC(=O)CNC(=O)c1ccco1. The third-order valence-corrected chi connectivity index (χ3v) is 3.90. The minimum absolute atomic E-state index is 0.0631. The van der Waals surface area contributed by atoms with Crippen LogP contribution in [0.1, 0.15) is 16.1 Å². The van der Waals surface area contributed by atoms with Crippen molar-refractivity contribution in [3.05, 3.63) is 52.9 Å².